The lowest BCUT2D eigenvalue weighted by Gasteiger charge is -2.33. The van der Waals surface area contributed by atoms with Gasteiger partial charge in [0.25, 0.3) is 0 Å². The molecule has 0 aliphatic carbocycles. The van der Waals surface area contributed by atoms with E-state index in [9.17, 15) is 4.79 Å². The second-order valence-corrected chi connectivity index (χ2v) is 8.43. The standard InChI is InChI=1S/C23H34O4/c1-17(2)7-5-8-18(3)9-6-13-23(4)14-12-19-15-20(26-16-22(24)25)10-11-21(19)27-23/h6,10-11,13,15,17-18H,5,7-9,12,14,16H2,1-4H3,(H,24,25). The quantitative estimate of drug-likeness (QED) is 0.538. The smallest absolute Gasteiger partial charge is 0.341 e. The minimum Gasteiger partial charge on any atom is -0.483 e. The third-order valence-electron chi connectivity index (χ3n) is 5.12. The van der Waals surface area contributed by atoms with E-state index >= 15 is 0 Å². The van der Waals surface area contributed by atoms with Crippen molar-refractivity contribution in [1.29, 1.82) is 0 Å². The van der Waals surface area contributed by atoms with E-state index in [1.54, 1.807) is 6.07 Å². The zero-order valence-electron chi connectivity index (χ0n) is 17.2. The molecule has 1 aromatic rings. The van der Waals surface area contributed by atoms with E-state index in [4.69, 9.17) is 14.6 Å². The summed E-state index contributed by atoms with van der Waals surface area (Å²) in [5, 5.41) is 8.72. The molecule has 0 spiro atoms. The number of hydrogen-bond acceptors (Lipinski definition) is 3. The molecule has 27 heavy (non-hydrogen) atoms. The Balaban J connectivity index is 1.86. The number of carboxylic acid groups (broad SMARTS) is 1. The molecule has 0 aromatic heterocycles. The molecule has 1 aliphatic rings. The fourth-order valence-corrected chi connectivity index (χ4v) is 3.43. The highest BCUT2D eigenvalue weighted by atomic mass is 16.5. The van der Waals surface area contributed by atoms with Crippen LogP contribution in [0.5, 0.6) is 11.5 Å². The summed E-state index contributed by atoms with van der Waals surface area (Å²) >= 11 is 0. The van der Waals surface area contributed by atoms with E-state index < -0.39 is 5.97 Å². The number of carboxylic acids is 1. The lowest BCUT2D eigenvalue weighted by atomic mass is 9.91. The molecular weight excluding hydrogens is 340 g/mol. The van der Waals surface area contributed by atoms with Crippen molar-refractivity contribution < 1.29 is 19.4 Å². The van der Waals surface area contributed by atoms with Crippen LogP contribution in [0, 0.1) is 11.8 Å². The third-order valence-corrected chi connectivity index (χ3v) is 5.12. The largest absolute Gasteiger partial charge is 0.483 e. The highest BCUT2D eigenvalue weighted by Crippen LogP contribution is 2.36. The lowest BCUT2D eigenvalue weighted by Crippen LogP contribution is -2.34. The van der Waals surface area contributed by atoms with Crippen LogP contribution < -0.4 is 9.47 Å². The van der Waals surface area contributed by atoms with E-state index in [0.29, 0.717) is 11.7 Å². The average molecular weight is 375 g/mol. The van der Waals surface area contributed by atoms with Gasteiger partial charge < -0.3 is 14.6 Å². The zero-order valence-corrected chi connectivity index (χ0v) is 17.2. The number of rotatable bonds is 10. The Labute approximate surface area is 163 Å². The van der Waals surface area contributed by atoms with Crippen LogP contribution in [0.3, 0.4) is 0 Å². The molecule has 0 radical (unpaired) electrons. The first-order valence-corrected chi connectivity index (χ1v) is 10.1. The molecule has 0 saturated carbocycles. The van der Waals surface area contributed by atoms with Crippen molar-refractivity contribution in [3.63, 3.8) is 0 Å². The van der Waals surface area contributed by atoms with Crippen molar-refractivity contribution in [2.75, 3.05) is 6.61 Å². The summed E-state index contributed by atoms with van der Waals surface area (Å²) < 4.78 is 11.5. The number of benzene rings is 1. The molecule has 1 heterocycles. The molecule has 2 atom stereocenters. The van der Waals surface area contributed by atoms with Gasteiger partial charge in [-0.15, -0.1) is 0 Å². The number of fused-ring (bicyclic) bond motifs is 1. The van der Waals surface area contributed by atoms with Crippen LogP contribution in [0.25, 0.3) is 0 Å². The third kappa shape index (κ3) is 7.28. The van der Waals surface area contributed by atoms with Gasteiger partial charge in [-0.1, -0.05) is 46.1 Å². The number of hydrogen-bond donors (Lipinski definition) is 1. The van der Waals surface area contributed by atoms with E-state index in [0.717, 1.165) is 36.5 Å². The Hall–Kier alpha value is -1.97. The Bertz CT molecular complexity index is 650. The maximum Gasteiger partial charge on any atom is 0.341 e. The van der Waals surface area contributed by atoms with Crippen LogP contribution in [0.15, 0.2) is 30.4 Å². The van der Waals surface area contributed by atoms with Crippen molar-refractivity contribution in [3.05, 3.63) is 35.9 Å². The molecule has 150 valence electrons. The summed E-state index contributed by atoms with van der Waals surface area (Å²) in [6, 6.07) is 5.54. The van der Waals surface area contributed by atoms with Gasteiger partial charge in [0, 0.05) is 0 Å². The van der Waals surface area contributed by atoms with E-state index in [1.807, 2.05) is 12.1 Å². The molecular formula is C23H34O4. The fraction of sp³-hybridized carbons (Fsp3) is 0.609. The first-order valence-electron chi connectivity index (χ1n) is 10.1. The summed E-state index contributed by atoms with van der Waals surface area (Å²) in [5.74, 6) is 1.96. The second-order valence-electron chi connectivity index (χ2n) is 8.43. The Morgan fingerprint density at radius 3 is 2.81 bits per heavy atom. The topological polar surface area (TPSA) is 55.8 Å². The molecule has 4 heteroatoms. The normalized spacial score (nSPS) is 20.3. The van der Waals surface area contributed by atoms with Gasteiger partial charge in [0.1, 0.15) is 17.1 Å². The van der Waals surface area contributed by atoms with Crippen LogP contribution in [0.1, 0.15) is 65.4 Å². The van der Waals surface area contributed by atoms with Gasteiger partial charge in [-0.2, -0.15) is 0 Å². The summed E-state index contributed by atoms with van der Waals surface area (Å²) in [6.45, 7) is 8.69. The van der Waals surface area contributed by atoms with Crippen molar-refractivity contribution in [1.82, 2.24) is 0 Å². The fourth-order valence-electron chi connectivity index (χ4n) is 3.43. The van der Waals surface area contributed by atoms with Gasteiger partial charge in [0.2, 0.25) is 0 Å². The maximum absolute atomic E-state index is 10.6. The lowest BCUT2D eigenvalue weighted by molar-refractivity contribution is -0.139. The van der Waals surface area contributed by atoms with Crippen LogP contribution in [0.2, 0.25) is 0 Å². The zero-order chi connectivity index (χ0) is 19.9. The SMILES string of the molecule is CC(C)CCCC(C)CC=CC1(C)CCc2cc(OCC(=O)O)ccc2O1. The molecule has 0 amide bonds. The van der Waals surface area contributed by atoms with Gasteiger partial charge in [0.15, 0.2) is 6.61 Å². The van der Waals surface area contributed by atoms with Crippen molar-refractivity contribution in [2.45, 2.75) is 71.8 Å². The number of aliphatic carboxylic acids is 1. The van der Waals surface area contributed by atoms with E-state index in [2.05, 4.69) is 39.8 Å². The van der Waals surface area contributed by atoms with Gasteiger partial charge in [-0.3, -0.25) is 0 Å². The van der Waals surface area contributed by atoms with Gasteiger partial charge >= 0.3 is 5.97 Å². The molecule has 0 fully saturated rings. The van der Waals surface area contributed by atoms with Gasteiger partial charge in [-0.25, -0.2) is 4.79 Å². The van der Waals surface area contributed by atoms with E-state index in [1.165, 1.54) is 19.3 Å². The monoisotopic (exact) mass is 374 g/mol. The minimum atomic E-state index is -0.972. The van der Waals surface area contributed by atoms with Crippen molar-refractivity contribution >= 4 is 5.97 Å². The summed E-state index contributed by atoms with van der Waals surface area (Å²) in [6.07, 6.45) is 11.3. The molecule has 2 rings (SSSR count). The molecule has 1 aromatic carbocycles. The van der Waals surface area contributed by atoms with Gasteiger partial charge in [0.05, 0.1) is 0 Å². The highest BCUT2D eigenvalue weighted by Gasteiger charge is 2.29. The average Bonchev–Trinajstić information content (AvgIpc) is 2.59. The Morgan fingerprint density at radius 2 is 2.11 bits per heavy atom. The molecule has 1 aliphatic heterocycles. The van der Waals surface area contributed by atoms with Gasteiger partial charge in [-0.05, 0) is 67.9 Å². The maximum atomic E-state index is 10.6. The Kier molecular flexibility index (Phi) is 7.76. The first kappa shape index (κ1) is 21.3. The minimum absolute atomic E-state index is 0.284. The number of aryl methyl sites for hydroxylation is 1. The Morgan fingerprint density at radius 1 is 1.33 bits per heavy atom. The van der Waals surface area contributed by atoms with Crippen LogP contribution in [-0.4, -0.2) is 23.3 Å². The van der Waals surface area contributed by atoms with Crippen LogP contribution >= 0.6 is 0 Å². The molecule has 1 N–H and O–H groups in total. The molecule has 4 nitrogen and oxygen atoms in total. The predicted molar refractivity (Wildman–Crippen MR) is 109 cm³/mol. The second kappa shape index (κ2) is 9.82. The van der Waals surface area contributed by atoms with Crippen molar-refractivity contribution in [3.8, 4) is 11.5 Å². The van der Waals surface area contributed by atoms with Crippen LogP contribution in [0.4, 0.5) is 0 Å². The molecule has 2 unspecified atom stereocenters. The summed E-state index contributed by atoms with van der Waals surface area (Å²) in [4.78, 5) is 10.6. The van der Waals surface area contributed by atoms with Crippen LogP contribution in [-0.2, 0) is 11.2 Å². The number of allylic oxidation sites excluding steroid dienone is 1. The molecule has 0 bridgehead atoms. The molecule has 0 saturated heterocycles. The van der Waals surface area contributed by atoms with E-state index in [-0.39, 0.29) is 12.2 Å². The number of ether oxygens (including phenoxy) is 2. The first-order chi connectivity index (χ1) is 12.8. The highest BCUT2D eigenvalue weighted by molar-refractivity contribution is 5.68. The predicted octanol–water partition coefficient (Wildman–Crippen LogP) is 5.64. The summed E-state index contributed by atoms with van der Waals surface area (Å²) in [7, 11) is 0. The summed E-state index contributed by atoms with van der Waals surface area (Å²) in [5.41, 5.74) is 0.791. The number of carbonyl (C=O) groups is 1. The van der Waals surface area contributed by atoms with Crippen molar-refractivity contribution in [2.24, 2.45) is 11.8 Å².